The lowest BCUT2D eigenvalue weighted by atomic mass is 10.2. The Morgan fingerprint density at radius 3 is 3.17 bits per heavy atom. The van der Waals surface area contributed by atoms with E-state index in [1.807, 2.05) is 18.2 Å². The van der Waals surface area contributed by atoms with Gasteiger partial charge >= 0.3 is 0 Å². The van der Waals surface area contributed by atoms with E-state index in [0.717, 1.165) is 16.7 Å². The molecule has 0 aliphatic carbocycles. The van der Waals surface area contributed by atoms with E-state index in [1.54, 1.807) is 4.90 Å². The second kappa shape index (κ2) is 4.34. The summed E-state index contributed by atoms with van der Waals surface area (Å²) in [5.41, 5.74) is 2.48. The maximum atomic E-state index is 11.4. The van der Waals surface area contributed by atoms with Crippen molar-refractivity contribution in [3.05, 3.63) is 18.2 Å². The molecule has 18 heavy (non-hydrogen) atoms. The first kappa shape index (κ1) is 11.1. The van der Waals surface area contributed by atoms with Gasteiger partial charge in [-0.1, -0.05) is 6.07 Å². The average molecular weight is 261 g/mol. The van der Waals surface area contributed by atoms with Crippen molar-refractivity contribution in [3.63, 3.8) is 0 Å². The van der Waals surface area contributed by atoms with Crippen LogP contribution in [0.1, 0.15) is 6.92 Å². The monoisotopic (exact) mass is 261 g/mol. The molecule has 0 bridgehead atoms. The van der Waals surface area contributed by atoms with E-state index in [2.05, 4.69) is 19.1 Å². The number of hydrogen-bond donors (Lipinski definition) is 1. The molecule has 1 aromatic carbocycles. The highest BCUT2D eigenvalue weighted by Crippen LogP contribution is 2.22. The third-order valence-corrected chi connectivity index (χ3v) is 3.30. The number of hydrogen-bond acceptors (Lipinski definition) is 6. The molecule has 2 aromatic rings. The summed E-state index contributed by atoms with van der Waals surface area (Å²) in [6.45, 7) is 2.80. The molecular weight excluding hydrogens is 250 g/mol. The standard InChI is InChI=1S/C11H11N5OS/c1-7(17)16-6-5-12-11(16)13-8-3-2-4-9-10(8)15-18-14-9/h2-4H,5-6H2,1H3,(H,12,13). The Labute approximate surface area is 108 Å². The molecule has 0 spiro atoms. The number of fused-ring (bicyclic) bond motifs is 1. The van der Waals surface area contributed by atoms with E-state index in [9.17, 15) is 4.79 Å². The summed E-state index contributed by atoms with van der Waals surface area (Å²) in [5, 5.41) is 3.16. The second-order valence-corrected chi connectivity index (χ2v) is 4.47. The molecule has 0 saturated heterocycles. The lowest BCUT2D eigenvalue weighted by molar-refractivity contribution is -0.124. The molecule has 1 aromatic heterocycles. The Bertz CT molecular complexity index is 635. The highest BCUT2D eigenvalue weighted by Gasteiger charge is 2.21. The molecule has 0 fully saturated rings. The number of amides is 1. The molecule has 0 atom stereocenters. The topological polar surface area (TPSA) is 70.5 Å². The van der Waals surface area contributed by atoms with Crippen LogP contribution in [-0.4, -0.2) is 38.6 Å². The molecule has 92 valence electrons. The maximum absolute atomic E-state index is 11.4. The van der Waals surface area contributed by atoms with E-state index in [4.69, 9.17) is 0 Å². The van der Waals surface area contributed by atoms with Gasteiger partial charge in [-0.05, 0) is 12.1 Å². The Hall–Kier alpha value is -2.02. The van der Waals surface area contributed by atoms with E-state index < -0.39 is 0 Å². The number of aromatic nitrogens is 2. The van der Waals surface area contributed by atoms with Crippen molar-refractivity contribution < 1.29 is 4.79 Å². The molecule has 1 N–H and O–H groups in total. The zero-order valence-electron chi connectivity index (χ0n) is 9.75. The van der Waals surface area contributed by atoms with Gasteiger partial charge in [-0.25, -0.2) is 0 Å². The van der Waals surface area contributed by atoms with Crippen LogP contribution in [0.4, 0.5) is 5.69 Å². The first-order valence-corrected chi connectivity index (χ1v) is 6.29. The van der Waals surface area contributed by atoms with Crippen LogP contribution >= 0.6 is 11.7 Å². The van der Waals surface area contributed by atoms with Gasteiger partial charge in [0, 0.05) is 13.5 Å². The van der Waals surface area contributed by atoms with Gasteiger partial charge in [0.15, 0.2) is 0 Å². The highest BCUT2D eigenvalue weighted by molar-refractivity contribution is 7.00. The van der Waals surface area contributed by atoms with Crippen LogP contribution in [0.25, 0.3) is 11.0 Å². The van der Waals surface area contributed by atoms with Gasteiger partial charge in [-0.3, -0.25) is 14.7 Å². The number of carbonyl (C=O) groups is 1. The molecule has 6 nitrogen and oxygen atoms in total. The van der Waals surface area contributed by atoms with Crippen molar-refractivity contribution in [2.75, 3.05) is 18.4 Å². The van der Waals surface area contributed by atoms with Gasteiger partial charge in [0.1, 0.15) is 11.0 Å². The lowest BCUT2D eigenvalue weighted by Gasteiger charge is -2.17. The van der Waals surface area contributed by atoms with E-state index >= 15 is 0 Å². The predicted octanol–water partition coefficient (Wildman–Crippen LogP) is 1.32. The summed E-state index contributed by atoms with van der Waals surface area (Å²) < 4.78 is 8.42. The number of benzene rings is 1. The van der Waals surface area contributed by atoms with Gasteiger partial charge in [0.2, 0.25) is 11.9 Å². The summed E-state index contributed by atoms with van der Waals surface area (Å²) in [6.07, 6.45) is 0. The first-order valence-electron chi connectivity index (χ1n) is 5.56. The predicted molar refractivity (Wildman–Crippen MR) is 70.7 cm³/mol. The zero-order chi connectivity index (χ0) is 12.5. The van der Waals surface area contributed by atoms with Crippen molar-refractivity contribution in [1.82, 2.24) is 13.6 Å². The molecule has 1 amide bonds. The molecule has 1 aliphatic rings. The van der Waals surface area contributed by atoms with Gasteiger partial charge in [-0.15, -0.1) is 0 Å². The number of nitrogens with zero attached hydrogens (tertiary/aromatic N) is 4. The molecule has 0 saturated carbocycles. The summed E-state index contributed by atoms with van der Waals surface area (Å²) in [7, 11) is 0. The number of guanidine groups is 1. The fourth-order valence-corrected chi connectivity index (χ4v) is 2.44. The van der Waals surface area contributed by atoms with Crippen molar-refractivity contribution >= 4 is 40.3 Å². The third-order valence-electron chi connectivity index (χ3n) is 2.75. The Morgan fingerprint density at radius 2 is 2.33 bits per heavy atom. The van der Waals surface area contributed by atoms with Crippen LogP contribution in [0.2, 0.25) is 0 Å². The summed E-state index contributed by atoms with van der Waals surface area (Å²) in [6, 6.07) is 5.71. The summed E-state index contributed by atoms with van der Waals surface area (Å²) in [5.74, 6) is 0.574. The van der Waals surface area contributed by atoms with Crippen LogP contribution < -0.4 is 5.32 Å². The number of rotatable bonds is 1. The first-order chi connectivity index (χ1) is 8.75. The van der Waals surface area contributed by atoms with Crippen molar-refractivity contribution in [2.45, 2.75) is 6.92 Å². The SMILES string of the molecule is CC(=O)N1CCN=C1Nc1cccc2nsnc12. The van der Waals surface area contributed by atoms with Gasteiger partial charge in [0.25, 0.3) is 0 Å². The molecule has 1 aliphatic heterocycles. The van der Waals surface area contributed by atoms with E-state index in [0.29, 0.717) is 19.0 Å². The van der Waals surface area contributed by atoms with Crippen LogP contribution in [0.15, 0.2) is 23.2 Å². The second-order valence-electron chi connectivity index (χ2n) is 3.94. The Balaban J connectivity index is 1.93. The zero-order valence-corrected chi connectivity index (χ0v) is 10.6. The van der Waals surface area contributed by atoms with Gasteiger partial charge < -0.3 is 5.32 Å². The normalized spacial score (nSPS) is 14.9. The fourth-order valence-electron chi connectivity index (χ4n) is 1.89. The average Bonchev–Trinajstić information content (AvgIpc) is 2.96. The van der Waals surface area contributed by atoms with Crippen molar-refractivity contribution in [2.24, 2.45) is 4.99 Å². The fraction of sp³-hybridized carbons (Fsp3) is 0.273. The molecule has 0 unspecified atom stereocenters. The molecule has 7 heteroatoms. The molecule has 3 rings (SSSR count). The highest BCUT2D eigenvalue weighted by atomic mass is 32.1. The Morgan fingerprint density at radius 1 is 1.44 bits per heavy atom. The molecule has 0 radical (unpaired) electrons. The minimum absolute atomic E-state index is 0.0117. The van der Waals surface area contributed by atoms with Gasteiger partial charge in [-0.2, -0.15) is 8.75 Å². The quantitative estimate of drug-likeness (QED) is 0.840. The molecular formula is C11H11N5OS. The van der Waals surface area contributed by atoms with Crippen LogP contribution in [0.5, 0.6) is 0 Å². The number of aliphatic imine (C=N–C) groups is 1. The van der Waals surface area contributed by atoms with E-state index in [-0.39, 0.29) is 5.91 Å². The molecule has 2 heterocycles. The Kier molecular flexibility index (Phi) is 2.67. The van der Waals surface area contributed by atoms with Crippen molar-refractivity contribution in [3.8, 4) is 0 Å². The number of carbonyl (C=O) groups excluding carboxylic acids is 1. The van der Waals surface area contributed by atoms with Crippen molar-refractivity contribution in [1.29, 1.82) is 0 Å². The van der Waals surface area contributed by atoms with Gasteiger partial charge in [0.05, 0.1) is 24.0 Å². The van der Waals surface area contributed by atoms with Crippen LogP contribution in [0.3, 0.4) is 0 Å². The van der Waals surface area contributed by atoms with Crippen LogP contribution in [0, 0.1) is 0 Å². The minimum Gasteiger partial charge on any atom is -0.324 e. The minimum atomic E-state index is -0.0117. The maximum Gasteiger partial charge on any atom is 0.226 e. The lowest BCUT2D eigenvalue weighted by Crippen LogP contribution is -2.36. The smallest absolute Gasteiger partial charge is 0.226 e. The summed E-state index contributed by atoms with van der Waals surface area (Å²) >= 11 is 1.17. The number of nitrogens with one attached hydrogen (secondary N) is 1. The number of anilines is 1. The van der Waals surface area contributed by atoms with Crippen LogP contribution in [-0.2, 0) is 4.79 Å². The largest absolute Gasteiger partial charge is 0.324 e. The van der Waals surface area contributed by atoms with E-state index in [1.165, 1.54) is 18.7 Å². The third kappa shape index (κ3) is 1.82. The summed E-state index contributed by atoms with van der Waals surface area (Å²) in [4.78, 5) is 17.4.